The fourth-order valence-electron chi connectivity index (χ4n) is 8.51. The first-order valence-electron chi connectivity index (χ1n) is 20.9. The lowest BCUT2D eigenvalue weighted by Gasteiger charge is -2.50. The highest BCUT2D eigenvalue weighted by Gasteiger charge is 2.54. The first-order chi connectivity index (χ1) is 30.2. The van der Waals surface area contributed by atoms with Gasteiger partial charge in [0.25, 0.3) is 0 Å². The molecule has 0 aromatic heterocycles. The Hall–Kier alpha value is -5.32. The van der Waals surface area contributed by atoms with Crippen molar-refractivity contribution in [3.05, 3.63) is 179 Å². The van der Waals surface area contributed by atoms with E-state index >= 15 is 0 Å². The van der Waals surface area contributed by atoms with Crippen molar-refractivity contribution in [2.75, 3.05) is 13.2 Å². The molecule has 324 valence electrons. The van der Waals surface area contributed by atoms with Gasteiger partial charge in [-0.15, -0.1) is 0 Å². The molecule has 3 saturated heterocycles. The molecule has 0 radical (unpaired) electrons. The summed E-state index contributed by atoms with van der Waals surface area (Å²) in [5, 5.41) is 30.0. The van der Waals surface area contributed by atoms with Gasteiger partial charge in [-0.25, -0.2) is 0 Å². The Bertz CT molecular complexity index is 2090. The van der Waals surface area contributed by atoms with Crippen molar-refractivity contribution in [2.24, 2.45) is 0 Å². The molecule has 13 heteroatoms. The van der Waals surface area contributed by atoms with Crippen LogP contribution < -0.4 is 10.6 Å². The number of amides is 2. The zero-order valence-electron chi connectivity index (χ0n) is 34.5. The topological polar surface area (TPSA) is 163 Å². The van der Waals surface area contributed by atoms with Gasteiger partial charge >= 0.3 is 0 Å². The van der Waals surface area contributed by atoms with Crippen LogP contribution in [-0.2, 0) is 55.0 Å². The molecule has 3 fully saturated rings. The number of benzene rings is 5. The lowest BCUT2D eigenvalue weighted by molar-refractivity contribution is -0.366. The van der Waals surface area contributed by atoms with E-state index in [1.807, 2.05) is 152 Å². The van der Waals surface area contributed by atoms with E-state index in [0.717, 1.165) is 27.8 Å². The van der Waals surface area contributed by atoms with Gasteiger partial charge in [0.1, 0.15) is 54.3 Å². The van der Waals surface area contributed by atoms with Crippen molar-refractivity contribution in [1.82, 2.24) is 10.6 Å². The van der Waals surface area contributed by atoms with E-state index in [4.69, 9.17) is 33.2 Å². The molecule has 3 aliphatic heterocycles. The summed E-state index contributed by atoms with van der Waals surface area (Å²) in [7, 11) is 0. The van der Waals surface area contributed by atoms with Crippen LogP contribution in [0.1, 0.15) is 48.0 Å². The molecular formula is C49H52N2O11. The zero-order chi connectivity index (χ0) is 43.1. The molecule has 8 rings (SSSR count). The number of rotatable bonds is 14. The zero-order valence-corrected chi connectivity index (χ0v) is 34.5. The van der Waals surface area contributed by atoms with Gasteiger partial charge in [-0.05, 0) is 22.3 Å². The number of carbonyl (C=O) groups is 2. The van der Waals surface area contributed by atoms with Crippen LogP contribution in [0.25, 0.3) is 0 Å². The number of hydrogen-bond acceptors (Lipinski definition) is 11. The maximum absolute atomic E-state index is 12.8. The molecule has 11 atom stereocenters. The van der Waals surface area contributed by atoms with Crippen molar-refractivity contribution in [3.63, 3.8) is 0 Å². The third-order valence-electron chi connectivity index (χ3n) is 11.4. The molecule has 5 aromatic rings. The average molecular weight is 845 g/mol. The Balaban J connectivity index is 1.15. The maximum atomic E-state index is 12.8. The number of hydrogen-bond donors (Lipinski definition) is 4. The maximum Gasteiger partial charge on any atom is 0.217 e. The van der Waals surface area contributed by atoms with Crippen molar-refractivity contribution < 1.29 is 53.0 Å². The number of carbonyl (C=O) groups excluding carboxylic acids is 2. The molecule has 2 amide bonds. The van der Waals surface area contributed by atoms with Gasteiger partial charge in [0.2, 0.25) is 11.8 Å². The fraction of sp³-hybridized carbons (Fsp3) is 0.347. The molecule has 1 unspecified atom stereocenters. The van der Waals surface area contributed by atoms with Crippen LogP contribution in [-0.4, -0.2) is 96.5 Å². The molecule has 0 saturated carbocycles. The molecule has 3 heterocycles. The summed E-state index contributed by atoms with van der Waals surface area (Å²) in [6.45, 7) is 2.60. The number of aliphatic hydroxyl groups is 2. The standard InChI is InChI=1S/C49H52N2O11/c1-31(52)50-40-42(54)45(62-48-41(51-32(2)53)43(55)44-38(60-48)29-57-46(61-44)34-20-10-4-11-21-34)39(59-47(40)56-28-33-18-8-3-9-19-33)30-58-49(35-22-12-5-13-23-35,36-24-14-6-15-25-36)37-26-16-7-17-27-37/h3-27,38-48,54-55H,28-30H2,1-2H3,(H,50,52)(H,51,53)/t38-,39-,40-,41-,42-,43-,44-,45-,46?,47-,48+/m1/s1. The van der Waals surface area contributed by atoms with Gasteiger partial charge < -0.3 is 54.0 Å². The van der Waals surface area contributed by atoms with E-state index < -0.39 is 85.0 Å². The number of aliphatic hydroxyl groups excluding tert-OH is 2. The quantitative estimate of drug-likeness (QED) is 0.113. The Morgan fingerprint density at radius 1 is 0.645 bits per heavy atom. The first kappa shape index (κ1) is 43.3. The Labute approximate surface area is 360 Å². The van der Waals surface area contributed by atoms with E-state index in [0.29, 0.717) is 0 Å². The molecule has 5 aromatic carbocycles. The van der Waals surface area contributed by atoms with Gasteiger partial charge in [0, 0.05) is 19.4 Å². The predicted octanol–water partition coefficient (Wildman–Crippen LogP) is 4.89. The molecule has 62 heavy (non-hydrogen) atoms. The highest BCUT2D eigenvalue weighted by molar-refractivity contribution is 5.73. The summed E-state index contributed by atoms with van der Waals surface area (Å²) in [6.07, 6.45) is -10.3. The SMILES string of the molecule is CC(=O)N[C@H]1[C@H](O[C@H]2[C@H](O)[C@@H](NC(C)=O)[C@H](OCc3ccccc3)O[C@@H]2COC(c2ccccc2)(c2ccccc2)c2ccccc2)O[C@@H]2COC(c3ccccc3)O[C@H]2[C@@H]1O. The second-order valence-electron chi connectivity index (χ2n) is 15.7. The Morgan fingerprint density at radius 2 is 1.15 bits per heavy atom. The summed E-state index contributed by atoms with van der Waals surface area (Å²) in [5.74, 6) is -0.899. The predicted molar refractivity (Wildman–Crippen MR) is 226 cm³/mol. The normalized spacial score (nSPS) is 28.6. The van der Waals surface area contributed by atoms with Crippen LogP contribution in [0.4, 0.5) is 0 Å². The highest BCUT2D eigenvalue weighted by Crippen LogP contribution is 2.42. The van der Waals surface area contributed by atoms with Gasteiger partial charge in [0.05, 0.1) is 19.8 Å². The lowest BCUT2D eigenvalue weighted by atomic mass is 9.80. The largest absolute Gasteiger partial charge is 0.388 e. The molecule has 3 aliphatic rings. The Kier molecular flexibility index (Phi) is 13.8. The Morgan fingerprint density at radius 3 is 1.68 bits per heavy atom. The van der Waals surface area contributed by atoms with E-state index in [1.165, 1.54) is 13.8 Å². The van der Waals surface area contributed by atoms with E-state index in [-0.39, 0.29) is 19.8 Å². The van der Waals surface area contributed by atoms with E-state index in [1.54, 1.807) is 0 Å². The third kappa shape index (κ3) is 9.52. The van der Waals surface area contributed by atoms with Crippen molar-refractivity contribution >= 4 is 11.8 Å². The molecular weight excluding hydrogens is 793 g/mol. The summed E-state index contributed by atoms with van der Waals surface area (Å²) in [5.41, 5.74) is 2.91. The van der Waals surface area contributed by atoms with Crippen LogP contribution >= 0.6 is 0 Å². The van der Waals surface area contributed by atoms with Crippen molar-refractivity contribution in [2.45, 2.75) is 93.6 Å². The highest BCUT2D eigenvalue weighted by atomic mass is 16.8. The van der Waals surface area contributed by atoms with Gasteiger partial charge in [-0.1, -0.05) is 152 Å². The van der Waals surface area contributed by atoms with Crippen LogP contribution in [0.3, 0.4) is 0 Å². The fourth-order valence-corrected chi connectivity index (χ4v) is 8.51. The number of fused-ring (bicyclic) bond motifs is 1. The number of nitrogens with one attached hydrogen (secondary N) is 2. The monoisotopic (exact) mass is 844 g/mol. The van der Waals surface area contributed by atoms with Gasteiger partial charge in [-0.3, -0.25) is 9.59 Å². The first-order valence-corrected chi connectivity index (χ1v) is 20.9. The second kappa shape index (κ2) is 19.8. The summed E-state index contributed by atoms with van der Waals surface area (Å²) in [4.78, 5) is 25.5. The molecule has 13 nitrogen and oxygen atoms in total. The summed E-state index contributed by atoms with van der Waals surface area (Å²) in [6, 6.07) is 45.9. The smallest absolute Gasteiger partial charge is 0.217 e. The minimum atomic E-state index is -1.49. The van der Waals surface area contributed by atoms with Crippen molar-refractivity contribution in [3.8, 4) is 0 Å². The minimum Gasteiger partial charge on any atom is -0.388 e. The van der Waals surface area contributed by atoms with Crippen LogP contribution in [0.2, 0.25) is 0 Å². The summed E-state index contributed by atoms with van der Waals surface area (Å²) >= 11 is 0. The van der Waals surface area contributed by atoms with Crippen LogP contribution in [0, 0.1) is 0 Å². The van der Waals surface area contributed by atoms with Gasteiger partial charge in [0.15, 0.2) is 18.9 Å². The average Bonchev–Trinajstić information content (AvgIpc) is 3.30. The second-order valence-corrected chi connectivity index (χ2v) is 15.7. The van der Waals surface area contributed by atoms with Crippen molar-refractivity contribution in [1.29, 1.82) is 0 Å². The number of ether oxygens (including phenoxy) is 7. The van der Waals surface area contributed by atoms with Crippen LogP contribution in [0.15, 0.2) is 152 Å². The van der Waals surface area contributed by atoms with E-state index in [9.17, 15) is 19.8 Å². The molecule has 0 bridgehead atoms. The molecule has 0 aliphatic carbocycles. The van der Waals surface area contributed by atoms with Gasteiger partial charge in [-0.2, -0.15) is 0 Å². The third-order valence-corrected chi connectivity index (χ3v) is 11.4. The molecule has 4 N–H and O–H groups in total. The molecule has 0 spiro atoms. The van der Waals surface area contributed by atoms with E-state index in [2.05, 4.69) is 10.6 Å². The summed E-state index contributed by atoms with van der Waals surface area (Å²) < 4.78 is 45.9. The lowest BCUT2D eigenvalue weighted by Crippen LogP contribution is -2.70. The minimum absolute atomic E-state index is 0.0296. The van der Waals surface area contributed by atoms with Crippen LogP contribution in [0.5, 0.6) is 0 Å².